The Morgan fingerprint density at radius 1 is 1.58 bits per heavy atom. The Kier molecular flexibility index (Phi) is 3.87. The van der Waals surface area contributed by atoms with Crippen molar-refractivity contribution < 1.29 is 14.3 Å². The summed E-state index contributed by atoms with van der Waals surface area (Å²) in [6, 6.07) is 4.13. The van der Waals surface area contributed by atoms with E-state index in [9.17, 15) is 14.3 Å². The van der Waals surface area contributed by atoms with E-state index >= 15 is 0 Å². The summed E-state index contributed by atoms with van der Waals surface area (Å²) in [5.41, 5.74) is 5.21. The van der Waals surface area contributed by atoms with Gasteiger partial charge in [-0.2, -0.15) is 0 Å². The van der Waals surface area contributed by atoms with E-state index in [1.807, 2.05) is 4.90 Å². The van der Waals surface area contributed by atoms with Gasteiger partial charge < -0.3 is 10.8 Å². The lowest BCUT2D eigenvalue weighted by atomic mass is 9.94. The molecule has 3 N–H and O–H groups in total. The molecule has 0 saturated carbocycles. The van der Waals surface area contributed by atoms with Crippen molar-refractivity contribution >= 4 is 5.91 Å². The van der Waals surface area contributed by atoms with Crippen LogP contribution in [0.2, 0.25) is 0 Å². The molecule has 0 aromatic heterocycles. The molecule has 0 aliphatic carbocycles. The van der Waals surface area contributed by atoms with Gasteiger partial charge in [0.1, 0.15) is 5.82 Å². The number of hydrogen-bond donors (Lipinski definition) is 2. The number of benzene rings is 1. The number of carbonyl (C=O) groups is 1. The predicted octanol–water partition coefficient (Wildman–Crippen LogP) is 1.27. The summed E-state index contributed by atoms with van der Waals surface area (Å²) in [5, 5.41) is 10.0. The number of piperidine rings is 1. The van der Waals surface area contributed by atoms with Crippen molar-refractivity contribution in [2.75, 3.05) is 13.1 Å². The average Bonchev–Trinajstić information content (AvgIpc) is 2.30. The minimum Gasteiger partial charge on any atom is -0.389 e. The number of halogens is 1. The molecule has 1 unspecified atom stereocenters. The number of primary amides is 1. The van der Waals surface area contributed by atoms with E-state index < -0.39 is 11.5 Å². The number of likely N-dealkylation sites (tertiary alicyclic amines) is 1. The lowest BCUT2D eigenvalue weighted by Gasteiger charge is -2.36. The molecule has 1 aromatic carbocycles. The molecule has 1 atom stereocenters. The number of hydrogen-bond acceptors (Lipinski definition) is 3. The highest BCUT2D eigenvalue weighted by Gasteiger charge is 2.28. The number of aliphatic hydroxyl groups is 1. The SMILES string of the molecule is CC1(O)CCCN(Cc2cc(C(N)=O)ccc2F)C1. The number of nitrogens with two attached hydrogens (primary N) is 1. The third kappa shape index (κ3) is 3.52. The average molecular weight is 266 g/mol. The van der Waals surface area contributed by atoms with Crippen LogP contribution in [0.4, 0.5) is 4.39 Å². The summed E-state index contributed by atoms with van der Waals surface area (Å²) >= 11 is 0. The van der Waals surface area contributed by atoms with Crippen molar-refractivity contribution in [2.45, 2.75) is 31.9 Å². The first-order valence-corrected chi connectivity index (χ1v) is 6.40. The number of amides is 1. The summed E-state index contributed by atoms with van der Waals surface area (Å²) < 4.78 is 13.7. The van der Waals surface area contributed by atoms with Crippen LogP contribution in [-0.2, 0) is 6.54 Å². The van der Waals surface area contributed by atoms with Gasteiger partial charge in [-0.3, -0.25) is 9.69 Å². The van der Waals surface area contributed by atoms with Crippen molar-refractivity contribution in [3.8, 4) is 0 Å². The van der Waals surface area contributed by atoms with Crippen molar-refractivity contribution in [1.82, 2.24) is 4.90 Å². The first-order chi connectivity index (χ1) is 8.87. The van der Waals surface area contributed by atoms with E-state index in [4.69, 9.17) is 5.73 Å². The molecule has 1 aliphatic rings. The molecule has 1 aliphatic heterocycles. The lowest BCUT2D eigenvalue weighted by Crippen LogP contribution is -2.45. The molecule has 4 nitrogen and oxygen atoms in total. The fraction of sp³-hybridized carbons (Fsp3) is 0.500. The Balaban J connectivity index is 2.14. The molecule has 1 fully saturated rings. The third-order valence-electron chi connectivity index (χ3n) is 3.48. The molecule has 104 valence electrons. The van der Waals surface area contributed by atoms with Crippen molar-refractivity contribution in [1.29, 1.82) is 0 Å². The molecular formula is C14H19FN2O2. The van der Waals surface area contributed by atoms with Gasteiger partial charge in [-0.15, -0.1) is 0 Å². The smallest absolute Gasteiger partial charge is 0.248 e. The Hall–Kier alpha value is -1.46. The van der Waals surface area contributed by atoms with Crippen LogP contribution in [0.1, 0.15) is 35.7 Å². The van der Waals surface area contributed by atoms with Crippen LogP contribution in [0, 0.1) is 5.82 Å². The van der Waals surface area contributed by atoms with Gasteiger partial charge in [-0.25, -0.2) is 4.39 Å². The number of carbonyl (C=O) groups excluding carboxylic acids is 1. The minimum absolute atomic E-state index is 0.306. The van der Waals surface area contributed by atoms with Gasteiger partial charge in [0.15, 0.2) is 0 Å². The second-order valence-electron chi connectivity index (χ2n) is 5.48. The van der Waals surface area contributed by atoms with Gasteiger partial charge in [-0.1, -0.05) is 0 Å². The van der Waals surface area contributed by atoms with Gasteiger partial charge in [0.2, 0.25) is 5.91 Å². The van der Waals surface area contributed by atoms with E-state index in [1.165, 1.54) is 18.2 Å². The van der Waals surface area contributed by atoms with E-state index in [-0.39, 0.29) is 5.82 Å². The molecule has 0 radical (unpaired) electrons. The second kappa shape index (κ2) is 5.27. The van der Waals surface area contributed by atoms with E-state index in [2.05, 4.69) is 0 Å². The third-order valence-corrected chi connectivity index (χ3v) is 3.48. The maximum absolute atomic E-state index is 13.7. The first-order valence-electron chi connectivity index (χ1n) is 6.40. The van der Waals surface area contributed by atoms with Crippen LogP contribution in [0.3, 0.4) is 0 Å². The van der Waals surface area contributed by atoms with E-state index in [0.29, 0.717) is 24.2 Å². The molecule has 1 amide bonds. The number of rotatable bonds is 3. The number of nitrogens with zero attached hydrogens (tertiary/aromatic N) is 1. The van der Waals surface area contributed by atoms with Crippen molar-refractivity contribution in [3.63, 3.8) is 0 Å². The molecule has 19 heavy (non-hydrogen) atoms. The first kappa shape index (κ1) is 14.0. The van der Waals surface area contributed by atoms with Gasteiger partial charge in [-0.05, 0) is 44.5 Å². The zero-order chi connectivity index (χ0) is 14.0. The zero-order valence-corrected chi connectivity index (χ0v) is 11.0. The molecule has 0 bridgehead atoms. The maximum Gasteiger partial charge on any atom is 0.248 e. The minimum atomic E-state index is -0.726. The summed E-state index contributed by atoms with van der Waals surface area (Å²) in [5.74, 6) is -0.915. The summed E-state index contributed by atoms with van der Waals surface area (Å²) in [4.78, 5) is 13.1. The molecule has 1 heterocycles. The van der Waals surface area contributed by atoms with Crippen molar-refractivity contribution in [2.24, 2.45) is 5.73 Å². The fourth-order valence-electron chi connectivity index (χ4n) is 2.55. The Labute approximate surface area is 112 Å². The van der Waals surface area contributed by atoms with Crippen molar-refractivity contribution in [3.05, 3.63) is 35.1 Å². The van der Waals surface area contributed by atoms with E-state index in [1.54, 1.807) is 6.92 Å². The molecule has 2 rings (SSSR count). The Bertz CT molecular complexity index is 488. The molecule has 1 aromatic rings. The van der Waals surface area contributed by atoms with Crippen LogP contribution in [0.5, 0.6) is 0 Å². The molecular weight excluding hydrogens is 247 g/mol. The van der Waals surface area contributed by atoms with Crippen LogP contribution in [0.15, 0.2) is 18.2 Å². The quantitative estimate of drug-likeness (QED) is 0.866. The number of β-amino-alcohol motifs (C(OH)–C–C–N with tert-alkyl or cyclic N) is 1. The van der Waals surface area contributed by atoms with Gasteiger partial charge in [0.05, 0.1) is 5.60 Å². The maximum atomic E-state index is 13.7. The Morgan fingerprint density at radius 2 is 2.32 bits per heavy atom. The fourth-order valence-corrected chi connectivity index (χ4v) is 2.55. The zero-order valence-electron chi connectivity index (χ0n) is 11.0. The van der Waals surface area contributed by atoms with Crippen LogP contribution >= 0.6 is 0 Å². The van der Waals surface area contributed by atoms with Gasteiger partial charge in [0.25, 0.3) is 0 Å². The standard InChI is InChI=1S/C14H19FN2O2/c1-14(19)5-2-6-17(9-14)8-11-7-10(13(16)18)3-4-12(11)15/h3-4,7,19H,2,5-6,8-9H2,1H3,(H2,16,18). The summed E-state index contributed by atoms with van der Waals surface area (Å²) in [7, 11) is 0. The normalized spacial score (nSPS) is 24.4. The van der Waals surface area contributed by atoms with Crippen LogP contribution in [0.25, 0.3) is 0 Å². The Morgan fingerprint density at radius 3 is 2.95 bits per heavy atom. The summed E-state index contributed by atoms with van der Waals surface area (Å²) in [6.45, 7) is 3.49. The lowest BCUT2D eigenvalue weighted by molar-refractivity contribution is -0.0184. The van der Waals surface area contributed by atoms with Crippen LogP contribution < -0.4 is 5.73 Å². The summed E-state index contributed by atoms with van der Waals surface area (Å²) in [6.07, 6.45) is 1.64. The molecule has 0 spiro atoms. The molecule has 1 saturated heterocycles. The topological polar surface area (TPSA) is 66.6 Å². The van der Waals surface area contributed by atoms with Gasteiger partial charge in [0, 0.05) is 24.2 Å². The van der Waals surface area contributed by atoms with Crippen LogP contribution in [-0.4, -0.2) is 34.6 Å². The monoisotopic (exact) mass is 266 g/mol. The predicted molar refractivity (Wildman–Crippen MR) is 70.1 cm³/mol. The van der Waals surface area contributed by atoms with Gasteiger partial charge >= 0.3 is 0 Å². The highest BCUT2D eigenvalue weighted by atomic mass is 19.1. The largest absolute Gasteiger partial charge is 0.389 e. The molecule has 5 heteroatoms. The second-order valence-corrected chi connectivity index (χ2v) is 5.48. The van der Waals surface area contributed by atoms with E-state index in [0.717, 1.165) is 19.4 Å². The highest BCUT2D eigenvalue weighted by molar-refractivity contribution is 5.92. The highest BCUT2D eigenvalue weighted by Crippen LogP contribution is 2.22.